The monoisotopic (exact) mass is 320 g/mol. The Hall–Kier alpha value is -2.99. The normalized spacial score (nSPS) is 16.4. The van der Waals surface area contributed by atoms with Gasteiger partial charge in [-0.3, -0.25) is 14.7 Å². The van der Waals surface area contributed by atoms with Crippen LogP contribution in [0.15, 0.2) is 60.9 Å². The predicted octanol–water partition coefficient (Wildman–Crippen LogP) is 2.52. The summed E-state index contributed by atoms with van der Waals surface area (Å²) in [6.07, 6.45) is 1.76. The van der Waals surface area contributed by atoms with Gasteiger partial charge in [-0.2, -0.15) is 0 Å². The molecule has 1 unspecified atom stereocenters. The maximum Gasteiger partial charge on any atom is 0.260 e. The summed E-state index contributed by atoms with van der Waals surface area (Å²) in [5.74, 6) is 0.130. The number of para-hydroxylation sites is 1. The predicted molar refractivity (Wildman–Crippen MR) is 88.8 cm³/mol. The van der Waals surface area contributed by atoms with Gasteiger partial charge in [0.15, 0.2) is 6.10 Å². The van der Waals surface area contributed by atoms with Gasteiger partial charge in [-0.15, -0.1) is 10.2 Å². The molecule has 1 aliphatic rings. The number of benzene rings is 2. The Labute approximate surface area is 139 Å². The minimum Gasteiger partial charge on any atom is -0.363 e. The molecule has 3 aromatic rings. The molecule has 2 aromatic carbocycles. The molecule has 6 heteroatoms. The molecule has 6 nitrogen and oxygen atoms in total. The highest BCUT2D eigenvalue weighted by atomic mass is 16.5. The first kappa shape index (κ1) is 14.6. The lowest BCUT2D eigenvalue weighted by molar-refractivity contribution is -0.128. The Balaban J connectivity index is 1.60. The number of fused-ring (bicyclic) bond motifs is 1. The average Bonchev–Trinajstić information content (AvgIpc) is 3.10. The van der Waals surface area contributed by atoms with Crippen LogP contribution >= 0.6 is 0 Å². The molecule has 1 amide bonds. The van der Waals surface area contributed by atoms with Crippen LogP contribution in [0, 0.1) is 0 Å². The molecule has 2 heterocycles. The standard InChI is InChI=1S/C18H16N4O2/c23-17(16-15-9-5-4-6-13(15)10-11-24-16)20-18-21-19-12-22(18)14-7-2-1-3-8-14/h1-9,12,16H,10-11H2,(H,20,21,23). The first-order chi connectivity index (χ1) is 11.8. The van der Waals surface area contributed by atoms with Gasteiger partial charge in [-0.05, 0) is 29.7 Å². The van der Waals surface area contributed by atoms with Gasteiger partial charge in [0.25, 0.3) is 5.91 Å². The number of ether oxygens (including phenoxy) is 1. The number of carbonyl (C=O) groups excluding carboxylic acids is 1. The van der Waals surface area contributed by atoms with E-state index >= 15 is 0 Å². The summed E-state index contributed by atoms with van der Waals surface area (Å²) in [5.41, 5.74) is 2.93. The zero-order chi connectivity index (χ0) is 16.4. The van der Waals surface area contributed by atoms with Gasteiger partial charge in [0.05, 0.1) is 12.3 Å². The summed E-state index contributed by atoms with van der Waals surface area (Å²) >= 11 is 0. The number of carbonyl (C=O) groups is 1. The van der Waals surface area contributed by atoms with E-state index in [4.69, 9.17) is 4.74 Å². The Morgan fingerprint density at radius 1 is 1.12 bits per heavy atom. The molecule has 0 bridgehead atoms. The van der Waals surface area contributed by atoms with Crippen LogP contribution in [0.2, 0.25) is 0 Å². The first-order valence-corrected chi connectivity index (χ1v) is 7.78. The first-order valence-electron chi connectivity index (χ1n) is 7.78. The van der Waals surface area contributed by atoms with Gasteiger partial charge in [0, 0.05) is 0 Å². The van der Waals surface area contributed by atoms with E-state index in [1.165, 1.54) is 0 Å². The Kier molecular flexibility index (Phi) is 3.80. The molecule has 1 atom stereocenters. The molecular weight excluding hydrogens is 304 g/mol. The van der Waals surface area contributed by atoms with Crippen molar-refractivity contribution in [2.24, 2.45) is 0 Å². The lowest BCUT2D eigenvalue weighted by Gasteiger charge is -2.25. The third-order valence-corrected chi connectivity index (χ3v) is 4.05. The molecular formula is C18H16N4O2. The maximum absolute atomic E-state index is 12.7. The minimum absolute atomic E-state index is 0.243. The fraction of sp³-hybridized carbons (Fsp3) is 0.167. The largest absolute Gasteiger partial charge is 0.363 e. The minimum atomic E-state index is -0.629. The number of amides is 1. The topological polar surface area (TPSA) is 69.0 Å². The van der Waals surface area contributed by atoms with E-state index in [1.54, 1.807) is 10.9 Å². The quantitative estimate of drug-likeness (QED) is 0.805. The highest BCUT2D eigenvalue weighted by molar-refractivity contribution is 5.94. The van der Waals surface area contributed by atoms with Crippen molar-refractivity contribution in [1.29, 1.82) is 0 Å². The van der Waals surface area contributed by atoms with E-state index in [-0.39, 0.29) is 5.91 Å². The zero-order valence-electron chi connectivity index (χ0n) is 12.9. The SMILES string of the molecule is O=C(Nc1nncn1-c1ccccc1)C1OCCc2ccccc21. The highest BCUT2D eigenvalue weighted by Gasteiger charge is 2.28. The number of rotatable bonds is 3. The third kappa shape index (κ3) is 2.68. The van der Waals surface area contributed by atoms with Crippen LogP contribution in [0.1, 0.15) is 17.2 Å². The Bertz CT molecular complexity index is 860. The lowest BCUT2D eigenvalue weighted by Crippen LogP contribution is -2.29. The van der Waals surface area contributed by atoms with Gasteiger partial charge in [-0.1, -0.05) is 42.5 Å². The van der Waals surface area contributed by atoms with Crippen LogP contribution in [0.3, 0.4) is 0 Å². The molecule has 1 aliphatic heterocycles. The van der Waals surface area contributed by atoms with Crippen molar-refractivity contribution in [3.63, 3.8) is 0 Å². The molecule has 24 heavy (non-hydrogen) atoms. The van der Waals surface area contributed by atoms with Crippen molar-refractivity contribution in [3.8, 4) is 5.69 Å². The summed E-state index contributed by atoms with van der Waals surface area (Å²) in [7, 11) is 0. The van der Waals surface area contributed by atoms with Crippen LogP contribution in [-0.2, 0) is 16.0 Å². The van der Waals surface area contributed by atoms with E-state index in [2.05, 4.69) is 15.5 Å². The molecule has 120 valence electrons. The number of aromatic nitrogens is 3. The highest BCUT2D eigenvalue weighted by Crippen LogP contribution is 2.28. The average molecular weight is 320 g/mol. The molecule has 4 rings (SSSR count). The summed E-state index contributed by atoms with van der Waals surface area (Å²) in [4.78, 5) is 12.7. The zero-order valence-corrected chi connectivity index (χ0v) is 12.9. The van der Waals surface area contributed by atoms with Crippen molar-refractivity contribution >= 4 is 11.9 Å². The van der Waals surface area contributed by atoms with E-state index in [9.17, 15) is 4.79 Å². The van der Waals surface area contributed by atoms with Crippen LogP contribution in [0.25, 0.3) is 5.69 Å². The summed E-state index contributed by atoms with van der Waals surface area (Å²) in [5, 5.41) is 10.7. The van der Waals surface area contributed by atoms with Gasteiger partial charge in [0.1, 0.15) is 6.33 Å². The second-order valence-corrected chi connectivity index (χ2v) is 5.55. The van der Waals surface area contributed by atoms with Crippen molar-refractivity contribution in [1.82, 2.24) is 14.8 Å². The lowest BCUT2D eigenvalue weighted by atomic mass is 9.97. The molecule has 1 aromatic heterocycles. The molecule has 0 radical (unpaired) electrons. The van der Waals surface area contributed by atoms with Gasteiger partial charge < -0.3 is 4.74 Å². The fourth-order valence-electron chi connectivity index (χ4n) is 2.88. The van der Waals surface area contributed by atoms with E-state index in [1.807, 2.05) is 54.6 Å². The Morgan fingerprint density at radius 3 is 2.79 bits per heavy atom. The van der Waals surface area contributed by atoms with Crippen molar-refractivity contribution in [2.75, 3.05) is 11.9 Å². The van der Waals surface area contributed by atoms with Crippen LogP contribution in [-0.4, -0.2) is 27.3 Å². The van der Waals surface area contributed by atoms with Crippen LogP contribution < -0.4 is 5.32 Å². The third-order valence-electron chi connectivity index (χ3n) is 4.05. The van der Waals surface area contributed by atoms with Gasteiger partial charge >= 0.3 is 0 Å². The smallest absolute Gasteiger partial charge is 0.260 e. The Morgan fingerprint density at radius 2 is 1.92 bits per heavy atom. The number of hydrogen-bond acceptors (Lipinski definition) is 4. The molecule has 0 fully saturated rings. The van der Waals surface area contributed by atoms with Crippen LogP contribution in [0.5, 0.6) is 0 Å². The number of nitrogens with zero attached hydrogens (tertiary/aromatic N) is 3. The van der Waals surface area contributed by atoms with Gasteiger partial charge in [0.2, 0.25) is 5.95 Å². The molecule has 0 saturated heterocycles. The molecule has 0 spiro atoms. The fourth-order valence-corrected chi connectivity index (χ4v) is 2.88. The van der Waals surface area contributed by atoms with Crippen molar-refractivity contribution in [3.05, 3.63) is 72.1 Å². The van der Waals surface area contributed by atoms with E-state index in [0.29, 0.717) is 12.6 Å². The molecule has 1 N–H and O–H groups in total. The summed E-state index contributed by atoms with van der Waals surface area (Å²) in [6, 6.07) is 17.5. The van der Waals surface area contributed by atoms with E-state index in [0.717, 1.165) is 23.2 Å². The van der Waals surface area contributed by atoms with Crippen LogP contribution in [0.4, 0.5) is 5.95 Å². The maximum atomic E-state index is 12.7. The second kappa shape index (κ2) is 6.25. The van der Waals surface area contributed by atoms with Crippen molar-refractivity contribution in [2.45, 2.75) is 12.5 Å². The number of anilines is 1. The molecule has 0 aliphatic carbocycles. The molecule has 0 saturated carbocycles. The number of hydrogen-bond donors (Lipinski definition) is 1. The van der Waals surface area contributed by atoms with E-state index < -0.39 is 6.10 Å². The second-order valence-electron chi connectivity index (χ2n) is 5.55. The van der Waals surface area contributed by atoms with Crippen molar-refractivity contribution < 1.29 is 9.53 Å². The summed E-state index contributed by atoms with van der Waals surface area (Å²) < 4.78 is 7.42. The number of nitrogens with one attached hydrogen (secondary N) is 1. The summed E-state index contributed by atoms with van der Waals surface area (Å²) in [6.45, 7) is 0.528. The van der Waals surface area contributed by atoms with Gasteiger partial charge in [-0.25, -0.2) is 0 Å².